The van der Waals surface area contributed by atoms with E-state index in [1.54, 1.807) is 0 Å². The molecule has 0 N–H and O–H groups in total. The predicted octanol–water partition coefficient (Wildman–Crippen LogP) is 23.2. The summed E-state index contributed by atoms with van der Waals surface area (Å²) in [4.78, 5) is 38.3. The van der Waals surface area contributed by atoms with Crippen LogP contribution in [0, 0.1) is 0 Å². The summed E-state index contributed by atoms with van der Waals surface area (Å²) in [7, 11) is 0. The summed E-state index contributed by atoms with van der Waals surface area (Å²) < 4.78 is 16.9. The number of carbonyl (C=O) groups is 3. The lowest BCUT2D eigenvalue weighted by atomic mass is 10.0. The number of unbranched alkanes of at least 4 members (excludes halogenated alkanes) is 29. The third kappa shape index (κ3) is 64.6. The fourth-order valence-electron chi connectivity index (χ4n) is 9.16. The molecule has 0 aliphatic rings. The highest BCUT2D eigenvalue weighted by Crippen LogP contribution is 2.16. The Morgan fingerprint density at radius 2 is 0.512 bits per heavy atom. The highest BCUT2D eigenvalue weighted by molar-refractivity contribution is 5.71. The van der Waals surface area contributed by atoms with Gasteiger partial charge >= 0.3 is 17.9 Å². The molecule has 0 spiro atoms. The van der Waals surface area contributed by atoms with Gasteiger partial charge in [0, 0.05) is 19.3 Å². The molecule has 1 unspecified atom stereocenters. The lowest BCUT2D eigenvalue weighted by molar-refractivity contribution is -0.167. The monoisotopic (exact) mass is 1110 g/mol. The van der Waals surface area contributed by atoms with Gasteiger partial charge < -0.3 is 14.2 Å². The molecule has 0 aliphatic carbocycles. The molecule has 0 aliphatic heterocycles. The standard InChI is InChI=1S/C74H124O6/c1-4-7-10-13-16-19-22-25-27-29-30-31-32-33-34-35-36-37-38-39-40-41-42-43-44-45-47-49-52-55-58-61-64-67-73(76)79-70-71(69-78-72(75)66-63-60-57-54-51-48-24-21-18-15-12-9-6-3)80-74(77)68-65-62-59-56-53-50-46-28-26-23-20-17-14-11-8-5-2/h7,10,12,15-16,19,21,24-25,27-28,30-31,33-34,36-37,39-40,46,71H,4-6,8-9,11,13-14,17-18,20,22-23,26,29,32,35,38,41-45,47-70H2,1-3H3/b10-7-,15-12-,19-16-,24-21-,27-25-,31-30-,34-33-,37-36-,40-39-,46-28-. The van der Waals surface area contributed by atoms with E-state index in [1.165, 1.54) is 122 Å². The van der Waals surface area contributed by atoms with E-state index in [-0.39, 0.29) is 31.1 Å². The van der Waals surface area contributed by atoms with Gasteiger partial charge in [0.25, 0.3) is 0 Å². The third-order valence-electron chi connectivity index (χ3n) is 14.2. The molecule has 456 valence electrons. The zero-order chi connectivity index (χ0) is 57.8. The molecule has 0 fully saturated rings. The minimum absolute atomic E-state index is 0.0877. The summed E-state index contributed by atoms with van der Waals surface area (Å²) in [5.41, 5.74) is 0. The van der Waals surface area contributed by atoms with Crippen LogP contribution >= 0.6 is 0 Å². The summed E-state index contributed by atoms with van der Waals surface area (Å²) in [5, 5.41) is 0. The number of carbonyl (C=O) groups excluding carboxylic acids is 3. The highest BCUT2D eigenvalue weighted by atomic mass is 16.6. The summed E-state index contributed by atoms with van der Waals surface area (Å²) in [6, 6.07) is 0. The van der Waals surface area contributed by atoms with E-state index in [0.29, 0.717) is 19.3 Å². The molecule has 0 aromatic rings. The van der Waals surface area contributed by atoms with Crippen LogP contribution in [0.1, 0.15) is 310 Å². The minimum atomic E-state index is -0.792. The molecule has 0 heterocycles. The largest absolute Gasteiger partial charge is 0.462 e. The van der Waals surface area contributed by atoms with Crippen LogP contribution in [0.25, 0.3) is 0 Å². The average molecular weight is 1110 g/mol. The molecule has 0 aromatic heterocycles. The van der Waals surface area contributed by atoms with Crippen molar-refractivity contribution in [2.24, 2.45) is 0 Å². The van der Waals surface area contributed by atoms with Crippen LogP contribution in [-0.2, 0) is 28.6 Å². The summed E-state index contributed by atoms with van der Waals surface area (Å²) in [6.45, 7) is 6.45. The van der Waals surface area contributed by atoms with E-state index in [4.69, 9.17) is 14.2 Å². The van der Waals surface area contributed by atoms with E-state index in [2.05, 4.69) is 142 Å². The van der Waals surface area contributed by atoms with Crippen molar-refractivity contribution in [3.05, 3.63) is 122 Å². The number of hydrogen-bond donors (Lipinski definition) is 0. The van der Waals surface area contributed by atoms with Gasteiger partial charge in [-0.3, -0.25) is 14.4 Å². The number of allylic oxidation sites excluding steroid dienone is 20. The second-order valence-electron chi connectivity index (χ2n) is 22.0. The molecular formula is C74H124O6. The lowest BCUT2D eigenvalue weighted by Crippen LogP contribution is -2.30. The number of esters is 3. The smallest absolute Gasteiger partial charge is 0.306 e. The molecule has 0 aromatic carbocycles. The average Bonchev–Trinajstić information content (AvgIpc) is 3.46. The van der Waals surface area contributed by atoms with Crippen LogP contribution in [0.3, 0.4) is 0 Å². The minimum Gasteiger partial charge on any atom is -0.462 e. The molecule has 6 nitrogen and oxygen atoms in total. The Balaban J connectivity index is 4.24. The Hall–Kier alpha value is -4.19. The first-order valence-electron chi connectivity index (χ1n) is 33.5. The molecule has 0 saturated heterocycles. The van der Waals surface area contributed by atoms with Crippen LogP contribution in [0.5, 0.6) is 0 Å². The Labute approximate surface area is 494 Å². The van der Waals surface area contributed by atoms with Crippen molar-refractivity contribution in [2.45, 2.75) is 316 Å². The van der Waals surface area contributed by atoms with Crippen molar-refractivity contribution < 1.29 is 28.6 Å². The second-order valence-corrected chi connectivity index (χ2v) is 22.0. The summed E-state index contributed by atoms with van der Waals surface area (Å²) in [5.74, 6) is -0.907. The number of rotatable bonds is 60. The van der Waals surface area contributed by atoms with Crippen LogP contribution in [0.2, 0.25) is 0 Å². The van der Waals surface area contributed by atoms with Crippen molar-refractivity contribution >= 4 is 17.9 Å². The molecule has 0 radical (unpaired) electrons. The van der Waals surface area contributed by atoms with Crippen molar-refractivity contribution in [3.8, 4) is 0 Å². The maximum atomic E-state index is 12.9. The topological polar surface area (TPSA) is 78.9 Å². The van der Waals surface area contributed by atoms with Crippen molar-refractivity contribution in [3.63, 3.8) is 0 Å². The molecular weight excluding hydrogens is 985 g/mol. The van der Waals surface area contributed by atoms with E-state index in [0.717, 1.165) is 148 Å². The summed E-state index contributed by atoms with van der Waals surface area (Å²) in [6.07, 6.45) is 93.6. The zero-order valence-electron chi connectivity index (χ0n) is 52.3. The summed E-state index contributed by atoms with van der Waals surface area (Å²) >= 11 is 0. The van der Waals surface area contributed by atoms with Gasteiger partial charge in [-0.2, -0.15) is 0 Å². The molecule has 0 amide bonds. The van der Waals surface area contributed by atoms with Gasteiger partial charge in [-0.1, -0.05) is 284 Å². The van der Waals surface area contributed by atoms with Crippen molar-refractivity contribution in [1.29, 1.82) is 0 Å². The maximum Gasteiger partial charge on any atom is 0.306 e. The Kier molecular flexibility index (Phi) is 63.8. The first-order valence-corrected chi connectivity index (χ1v) is 33.5. The fraction of sp³-hybridized carbons (Fsp3) is 0.689. The molecule has 1 atom stereocenters. The van der Waals surface area contributed by atoms with Gasteiger partial charge in [0.15, 0.2) is 6.10 Å². The van der Waals surface area contributed by atoms with Crippen molar-refractivity contribution in [1.82, 2.24) is 0 Å². The van der Waals surface area contributed by atoms with E-state index >= 15 is 0 Å². The number of ether oxygens (including phenoxy) is 3. The van der Waals surface area contributed by atoms with Crippen LogP contribution in [0.15, 0.2) is 122 Å². The van der Waals surface area contributed by atoms with E-state index in [9.17, 15) is 14.4 Å². The highest BCUT2D eigenvalue weighted by Gasteiger charge is 2.19. The van der Waals surface area contributed by atoms with Gasteiger partial charge in [-0.25, -0.2) is 0 Å². The predicted molar refractivity (Wildman–Crippen MR) is 348 cm³/mol. The van der Waals surface area contributed by atoms with Crippen LogP contribution in [0.4, 0.5) is 0 Å². The molecule has 6 heteroatoms. The van der Waals surface area contributed by atoms with Gasteiger partial charge in [-0.05, 0) is 128 Å². The van der Waals surface area contributed by atoms with E-state index < -0.39 is 6.10 Å². The SMILES string of the molecule is CC/C=C\C/C=C\C/C=C\C/C=C\C/C=C\C/C=C\C/C=C\CCCCCCCCCCCCCC(=O)OCC(COC(=O)CCCCCCC/C=C\C/C=C\CCC)OC(=O)CCCCCCC/C=C\CCCCCCCCC. The maximum absolute atomic E-state index is 12.9. The molecule has 0 saturated carbocycles. The first kappa shape index (κ1) is 75.8. The molecule has 0 bridgehead atoms. The number of hydrogen-bond acceptors (Lipinski definition) is 6. The lowest BCUT2D eigenvalue weighted by Gasteiger charge is -2.18. The van der Waals surface area contributed by atoms with Crippen LogP contribution in [-0.4, -0.2) is 37.2 Å². The Bertz CT molecular complexity index is 1650. The third-order valence-corrected chi connectivity index (χ3v) is 14.2. The first-order chi connectivity index (χ1) is 39.5. The zero-order valence-corrected chi connectivity index (χ0v) is 52.3. The van der Waals surface area contributed by atoms with Crippen molar-refractivity contribution in [2.75, 3.05) is 13.2 Å². The second kappa shape index (κ2) is 67.3. The van der Waals surface area contributed by atoms with Gasteiger partial charge in [0.2, 0.25) is 0 Å². The quantitative estimate of drug-likeness (QED) is 0.0261. The fourth-order valence-corrected chi connectivity index (χ4v) is 9.16. The molecule has 0 rings (SSSR count). The molecule has 80 heavy (non-hydrogen) atoms. The Morgan fingerprint density at radius 1 is 0.263 bits per heavy atom. The van der Waals surface area contributed by atoms with Gasteiger partial charge in [0.1, 0.15) is 13.2 Å². The van der Waals surface area contributed by atoms with E-state index in [1.807, 2.05) is 0 Å². The van der Waals surface area contributed by atoms with Gasteiger partial charge in [-0.15, -0.1) is 0 Å². The van der Waals surface area contributed by atoms with Crippen LogP contribution < -0.4 is 0 Å². The normalized spacial score (nSPS) is 12.9. The van der Waals surface area contributed by atoms with Gasteiger partial charge in [0.05, 0.1) is 0 Å². The Morgan fingerprint density at radius 3 is 0.825 bits per heavy atom.